The van der Waals surface area contributed by atoms with Gasteiger partial charge in [0.2, 0.25) is 0 Å². The van der Waals surface area contributed by atoms with Crippen molar-refractivity contribution in [3.63, 3.8) is 0 Å². The second kappa shape index (κ2) is 2.55. The molecule has 0 atom stereocenters. The second-order valence-electron chi connectivity index (χ2n) is 1.49. The van der Waals surface area contributed by atoms with E-state index in [1.54, 1.807) is 18.5 Å². The van der Waals surface area contributed by atoms with E-state index in [-0.39, 0.29) is 5.17 Å². The quantitative estimate of drug-likeness (QED) is 0.349. The molecule has 0 radical (unpaired) electrons. The van der Waals surface area contributed by atoms with Gasteiger partial charge in [0.25, 0.3) is 0 Å². The molecule has 2 N–H and O–H groups in total. The average molecular weight is 145 g/mol. The normalized spacial score (nSPS) is 11.9. The van der Waals surface area contributed by atoms with Crippen LogP contribution in [0.15, 0.2) is 23.6 Å². The summed E-state index contributed by atoms with van der Waals surface area (Å²) in [5.41, 5.74) is 0.680. The number of aromatic amines is 1. The zero-order chi connectivity index (χ0) is 6.69. The lowest BCUT2D eigenvalue weighted by atomic mass is 10.4. The van der Waals surface area contributed by atoms with Crippen LogP contribution in [-0.4, -0.2) is 15.4 Å². The molecule has 0 unspecified atom stereocenters. The van der Waals surface area contributed by atoms with Crippen LogP contribution in [0.2, 0.25) is 0 Å². The third-order valence-electron chi connectivity index (χ3n) is 0.924. The first-order chi connectivity index (χ1) is 4.34. The van der Waals surface area contributed by atoms with Gasteiger partial charge < -0.3 is 10.2 Å². The summed E-state index contributed by atoms with van der Waals surface area (Å²) in [7, 11) is 0. The lowest BCUT2D eigenvalue weighted by Gasteiger charge is -1.84. The first-order valence-corrected chi connectivity index (χ1v) is 2.73. The smallest absolute Gasteiger partial charge is 0.176 e. The summed E-state index contributed by atoms with van der Waals surface area (Å²) >= 11 is 5.41. The standard InChI is InChI=1S/C5H5ClN2O/c6-5(8-9)4-1-2-7-3-4/h1-3,7,9H/b8-5-. The molecule has 3 nitrogen and oxygen atoms in total. The van der Waals surface area contributed by atoms with E-state index in [4.69, 9.17) is 16.8 Å². The Bertz CT molecular complexity index is 205. The molecule has 1 heterocycles. The zero-order valence-electron chi connectivity index (χ0n) is 4.50. The van der Waals surface area contributed by atoms with E-state index in [0.29, 0.717) is 5.56 Å². The van der Waals surface area contributed by atoms with Gasteiger partial charge in [0.05, 0.1) is 0 Å². The van der Waals surface area contributed by atoms with E-state index >= 15 is 0 Å². The summed E-state index contributed by atoms with van der Waals surface area (Å²) in [5, 5.41) is 11.0. The Morgan fingerprint density at radius 3 is 3.00 bits per heavy atom. The Morgan fingerprint density at radius 2 is 2.56 bits per heavy atom. The van der Waals surface area contributed by atoms with Crippen molar-refractivity contribution in [2.45, 2.75) is 0 Å². The lowest BCUT2D eigenvalue weighted by Crippen LogP contribution is -1.85. The van der Waals surface area contributed by atoms with Gasteiger partial charge in [-0.1, -0.05) is 16.8 Å². The van der Waals surface area contributed by atoms with Gasteiger partial charge in [0.1, 0.15) is 0 Å². The zero-order valence-corrected chi connectivity index (χ0v) is 5.26. The maximum atomic E-state index is 8.15. The second-order valence-corrected chi connectivity index (χ2v) is 1.85. The molecule has 0 fully saturated rings. The van der Waals surface area contributed by atoms with E-state index in [2.05, 4.69) is 10.1 Å². The van der Waals surface area contributed by atoms with Crippen LogP contribution in [0.25, 0.3) is 0 Å². The fraction of sp³-hybridized carbons (Fsp3) is 0. The fourth-order valence-corrected chi connectivity index (χ4v) is 0.627. The summed E-state index contributed by atoms with van der Waals surface area (Å²) in [6.07, 6.45) is 3.34. The summed E-state index contributed by atoms with van der Waals surface area (Å²) in [4.78, 5) is 2.77. The SMILES string of the molecule is O/N=C(\Cl)c1cc[nH]c1. The number of aromatic nitrogens is 1. The summed E-state index contributed by atoms with van der Waals surface area (Å²) in [6.45, 7) is 0. The van der Waals surface area contributed by atoms with E-state index in [0.717, 1.165) is 0 Å². The van der Waals surface area contributed by atoms with Crippen molar-refractivity contribution in [3.05, 3.63) is 24.0 Å². The molecule has 0 aliphatic rings. The fourth-order valence-electron chi connectivity index (χ4n) is 0.510. The minimum absolute atomic E-state index is 0.0938. The number of H-pyrrole nitrogens is 1. The molecule has 0 saturated heterocycles. The van der Waals surface area contributed by atoms with Gasteiger partial charge in [-0.2, -0.15) is 0 Å². The largest absolute Gasteiger partial charge is 0.410 e. The highest BCUT2D eigenvalue weighted by Crippen LogP contribution is 2.01. The van der Waals surface area contributed by atoms with Crippen molar-refractivity contribution in [2.75, 3.05) is 0 Å². The van der Waals surface area contributed by atoms with Crippen molar-refractivity contribution in [2.24, 2.45) is 5.16 Å². The summed E-state index contributed by atoms with van der Waals surface area (Å²) < 4.78 is 0. The first-order valence-electron chi connectivity index (χ1n) is 2.35. The van der Waals surface area contributed by atoms with E-state index < -0.39 is 0 Å². The molecule has 4 heteroatoms. The van der Waals surface area contributed by atoms with Crippen molar-refractivity contribution >= 4 is 16.8 Å². The van der Waals surface area contributed by atoms with Crippen molar-refractivity contribution in [1.82, 2.24) is 4.98 Å². The Balaban J connectivity index is 2.90. The van der Waals surface area contributed by atoms with Gasteiger partial charge >= 0.3 is 0 Å². The highest BCUT2D eigenvalue weighted by molar-refractivity contribution is 6.69. The molecule has 0 bridgehead atoms. The maximum Gasteiger partial charge on any atom is 0.176 e. The predicted molar refractivity (Wildman–Crippen MR) is 35.0 cm³/mol. The first kappa shape index (κ1) is 6.16. The number of hydrogen-bond acceptors (Lipinski definition) is 2. The Labute approximate surface area is 57.0 Å². The highest BCUT2D eigenvalue weighted by atomic mass is 35.5. The molecule has 0 aliphatic carbocycles. The van der Waals surface area contributed by atoms with E-state index in [1.165, 1.54) is 0 Å². The topological polar surface area (TPSA) is 48.4 Å². The van der Waals surface area contributed by atoms with Crippen molar-refractivity contribution < 1.29 is 5.21 Å². The van der Waals surface area contributed by atoms with Crippen LogP contribution in [0.3, 0.4) is 0 Å². The van der Waals surface area contributed by atoms with Gasteiger partial charge in [-0.25, -0.2) is 0 Å². The summed E-state index contributed by atoms with van der Waals surface area (Å²) in [6, 6.07) is 1.71. The van der Waals surface area contributed by atoms with Gasteiger partial charge in [-0.3, -0.25) is 0 Å². The van der Waals surface area contributed by atoms with E-state index in [9.17, 15) is 0 Å². The average Bonchev–Trinajstić information content (AvgIpc) is 2.37. The molecule has 0 amide bonds. The number of nitrogens with one attached hydrogen (secondary N) is 1. The van der Waals surface area contributed by atoms with Crippen LogP contribution in [0, 0.1) is 0 Å². The maximum absolute atomic E-state index is 8.15. The van der Waals surface area contributed by atoms with Crippen LogP contribution >= 0.6 is 11.6 Å². The third-order valence-corrected chi connectivity index (χ3v) is 1.22. The van der Waals surface area contributed by atoms with Gasteiger partial charge in [0, 0.05) is 18.0 Å². The Hall–Kier alpha value is -0.960. The number of nitrogens with zero attached hydrogens (tertiary/aromatic N) is 1. The monoisotopic (exact) mass is 144 g/mol. The number of oxime groups is 1. The summed E-state index contributed by atoms with van der Waals surface area (Å²) in [5.74, 6) is 0. The number of rotatable bonds is 1. The molecule has 0 saturated carbocycles. The van der Waals surface area contributed by atoms with E-state index in [1.807, 2.05) is 0 Å². The molecule has 1 rings (SSSR count). The lowest BCUT2D eigenvalue weighted by molar-refractivity contribution is 0.321. The van der Waals surface area contributed by atoms with Crippen LogP contribution in [0.5, 0.6) is 0 Å². The number of halogens is 1. The minimum Gasteiger partial charge on any atom is -0.410 e. The molecule has 0 aromatic carbocycles. The minimum atomic E-state index is 0.0938. The molecular weight excluding hydrogens is 140 g/mol. The predicted octanol–water partition coefficient (Wildman–Crippen LogP) is 1.39. The van der Waals surface area contributed by atoms with Crippen LogP contribution < -0.4 is 0 Å². The molecule has 48 valence electrons. The number of hydrogen-bond donors (Lipinski definition) is 2. The molecule has 1 aromatic heterocycles. The molecule has 1 aromatic rings. The van der Waals surface area contributed by atoms with Crippen molar-refractivity contribution in [3.8, 4) is 0 Å². The van der Waals surface area contributed by atoms with Crippen molar-refractivity contribution in [1.29, 1.82) is 0 Å². The van der Waals surface area contributed by atoms with Gasteiger partial charge in [-0.05, 0) is 6.07 Å². The third kappa shape index (κ3) is 1.23. The molecule has 9 heavy (non-hydrogen) atoms. The van der Waals surface area contributed by atoms with Gasteiger partial charge in [0.15, 0.2) is 5.17 Å². The van der Waals surface area contributed by atoms with Crippen LogP contribution in [-0.2, 0) is 0 Å². The Morgan fingerprint density at radius 1 is 1.78 bits per heavy atom. The highest BCUT2D eigenvalue weighted by Gasteiger charge is 1.97. The van der Waals surface area contributed by atoms with Crippen LogP contribution in [0.4, 0.5) is 0 Å². The Kier molecular flexibility index (Phi) is 1.75. The molecule has 0 spiro atoms. The van der Waals surface area contributed by atoms with Gasteiger partial charge in [-0.15, -0.1) is 0 Å². The molecular formula is C5H5ClN2O. The molecule has 0 aliphatic heterocycles. The van der Waals surface area contributed by atoms with Crippen LogP contribution in [0.1, 0.15) is 5.56 Å².